The van der Waals surface area contributed by atoms with Crippen molar-refractivity contribution in [3.63, 3.8) is 0 Å². The Hall–Kier alpha value is -0.540. The zero-order valence-corrected chi connectivity index (χ0v) is 14.0. The van der Waals surface area contributed by atoms with Crippen LogP contribution < -0.4 is 4.90 Å². The van der Waals surface area contributed by atoms with E-state index in [1.54, 1.807) is 0 Å². The fraction of sp³-hybridized carbons (Fsp3) is 0.647. The van der Waals surface area contributed by atoms with Crippen LogP contribution in [0.2, 0.25) is 0 Å². The number of hydrogen-bond acceptors (Lipinski definition) is 2. The van der Waals surface area contributed by atoms with E-state index >= 15 is 0 Å². The lowest BCUT2D eigenvalue weighted by Gasteiger charge is -2.32. The first-order valence-corrected chi connectivity index (χ1v) is 9.04. The Balaban J connectivity index is 1.65. The van der Waals surface area contributed by atoms with Gasteiger partial charge in [-0.1, -0.05) is 28.4 Å². The molecule has 110 valence electrons. The molecule has 2 heterocycles. The molecule has 0 bridgehead atoms. The standard InChI is InChI=1S/C17H25BrN2/c1-14-11-16(6-5-15(14)12-18)20-10-7-17(13-20)19-8-3-2-4-9-19/h5-6,11,17H,2-4,7-10,12-13H2,1H3. The lowest BCUT2D eigenvalue weighted by Crippen LogP contribution is -2.40. The summed E-state index contributed by atoms with van der Waals surface area (Å²) in [5, 5.41) is 0.954. The molecule has 2 aliphatic heterocycles. The van der Waals surface area contributed by atoms with Crippen molar-refractivity contribution in [3.05, 3.63) is 29.3 Å². The summed E-state index contributed by atoms with van der Waals surface area (Å²) in [6.07, 6.45) is 5.56. The summed E-state index contributed by atoms with van der Waals surface area (Å²) in [4.78, 5) is 5.30. The third-order valence-corrected chi connectivity index (χ3v) is 5.51. The van der Waals surface area contributed by atoms with Gasteiger partial charge in [0.1, 0.15) is 0 Å². The molecule has 1 aromatic carbocycles. The van der Waals surface area contributed by atoms with Gasteiger partial charge in [0.2, 0.25) is 0 Å². The molecule has 0 aliphatic carbocycles. The summed E-state index contributed by atoms with van der Waals surface area (Å²) in [6.45, 7) is 7.29. The number of aryl methyl sites for hydroxylation is 1. The highest BCUT2D eigenvalue weighted by molar-refractivity contribution is 9.08. The van der Waals surface area contributed by atoms with Gasteiger partial charge < -0.3 is 4.90 Å². The zero-order valence-electron chi connectivity index (χ0n) is 12.4. The van der Waals surface area contributed by atoms with Gasteiger partial charge in [0.15, 0.2) is 0 Å². The molecule has 2 nitrogen and oxygen atoms in total. The van der Waals surface area contributed by atoms with Crippen molar-refractivity contribution in [1.82, 2.24) is 4.90 Å². The number of benzene rings is 1. The summed E-state index contributed by atoms with van der Waals surface area (Å²) < 4.78 is 0. The van der Waals surface area contributed by atoms with E-state index in [9.17, 15) is 0 Å². The SMILES string of the molecule is Cc1cc(N2CCC(N3CCCCC3)C2)ccc1CBr. The molecule has 1 atom stereocenters. The monoisotopic (exact) mass is 336 g/mol. The summed E-state index contributed by atoms with van der Waals surface area (Å²) >= 11 is 3.56. The van der Waals surface area contributed by atoms with Crippen molar-refractivity contribution < 1.29 is 0 Å². The van der Waals surface area contributed by atoms with Crippen LogP contribution in [0.1, 0.15) is 36.8 Å². The molecule has 0 saturated carbocycles. The van der Waals surface area contributed by atoms with E-state index in [1.165, 1.54) is 68.7 Å². The van der Waals surface area contributed by atoms with Crippen LogP contribution in [-0.4, -0.2) is 37.1 Å². The Morgan fingerprint density at radius 1 is 1.15 bits per heavy atom. The quantitative estimate of drug-likeness (QED) is 0.771. The Labute approximate surface area is 131 Å². The van der Waals surface area contributed by atoms with Crippen LogP contribution in [0.25, 0.3) is 0 Å². The van der Waals surface area contributed by atoms with Crippen LogP contribution in [0.15, 0.2) is 18.2 Å². The fourth-order valence-corrected chi connectivity index (χ4v) is 4.21. The summed E-state index contributed by atoms with van der Waals surface area (Å²) in [7, 11) is 0. The zero-order chi connectivity index (χ0) is 13.9. The minimum Gasteiger partial charge on any atom is -0.370 e. The average molecular weight is 337 g/mol. The average Bonchev–Trinajstić information content (AvgIpc) is 2.98. The second kappa shape index (κ2) is 6.48. The lowest BCUT2D eigenvalue weighted by molar-refractivity contribution is 0.175. The molecule has 2 saturated heterocycles. The van der Waals surface area contributed by atoms with E-state index in [1.807, 2.05) is 0 Å². The van der Waals surface area contributed by atoms with Gasteiger partial charge in [0.25, 0.3) is 0 Å². The molecule has 1 unspecified atom stereocenters. The molecule has 0 aromatic heterocycles. The first kappa shape index (κ1) is 14.4. The maximum absolute atomic E-state index is 3.56. The van der Waals surface area contributed by atoms with Crippen LogP contribution in [-0.2, 0) is 5.33 Å². The highest BCUT2D eigenvalue weighted by Gasteiger charge is 2.28. The van der Waals surface area contributed by atoms with E-state index in [0.717, 1.165) is 11.4 Å². The van der Waals surface area contributed by atoms with Gasteiger partial charge in [0, 0.05) is 30.1 Å². The topological polar surface area (TPSA) is 6.48 Å². The normalized spacial score (nSPS) is 24.3. The second-order valence-electron chi connectivity index (χ2n) is 6.23. The minimum absolute atomic E-state index is 0.784. The van der Waals surface area contributed by atoms with Crippen molar-refractivity contribution in [3.8, 4) is 0 Å². The molecule has 0 N–H and O–H groups in total. The molecule has 2 fully saturated rings. The highest BCUT2D eigenvalue weighted by atomic mass is 79.9. The second-order valence-corrected chi connectivity index (χ2v) is 6.79. The minimum atomic E-state index is 0.784. The summed E-state index contributed by atoms with van der Waals surface area (Å²) in [5.41, 5.74) is 4.22. The molecule has 1 aromatic rings. The number of halogens is 1. The molecule has 0 spiro atoms. The summed E-state index contributed by atoms with van der Waals surface area (Å²) in [6, 6.07) is 7.71. The van der Waals surface area contributed by atoms with Gasteiger partial charge in [-0.05, 0) is 62.5 Å². The van der Waals surface area contributed by atoms with E-state index < -0.39 is 0 Å². The van der Waals surface area contributed by atoms with Crippen LogP contribution in [0.4, 0.5) is 5.69 Å². The molecule has 0 radical (unpaired) electrons. The Kier molecular flexibility index (Phi) is 4.67. The largest absolute Gasteiger partial charge is 0.370 e. The van der Waals surface area contributed by atoms with Crippen LogP contribution >= 0.6 is 15.9 Å². The summed E-state index contributed by atoms with van der Waals surface area (Å²) in [5.74, 6) is 0. The molecule has 3 heteroatoms. The maximum Gasteiger partial charge on any atom is 0.0369 e. The van der Waals surface area contributed by atoms with Gasteiger partial charge in [-0.25, -0.2) is 0 Å². The first-order chi connectivity index (χ1) is 9.78. The van der Waals surface area contributed by atoms with Crippen molar-refractivity contribution >= 4 is 21.6 Å². The number of nitrogens with zero attached hydrogens (tertiary/aromatic N) is 2. The van der Waals surface area contributed by atoms with Gasteiger partial charge in [-0.3, -0.25) is 4.90 Å². The molecule has 2 aliphatic rings. The number of anilines is 1. The third kappa shape index (κ3) is 3.04. The highest BCUT2D eigenvalue weighted by Crippen LogP contribution is 2.27. The third-order valence-electron chi connectivity index (χ3n) is 4.91. The van der Waals surface area contributed by atoms with Crippen molar-refractivity contribution in [1.29, 1.82) is 0 Å². The first-order valence-electron chi connectivity index (χ1n) is 7.92. The predicted molar refractivity (Wildman–Crippen MR) is 89.9 cm³/mol. The van der Waals surface area contributed by atoms with Crippen molar-refractivity contribution in [2.24, 2.45) is 0 Å². The maximum atomic E-state index is 3.56. The Morgan fingerprint density at radius 2 is 1.95 bits per heavy atom. The molecule has 20 heavy (non-hydrogen) atoms. The van der Waals surface area contributed by atoms with E-state index in [-0.39, 0.29) is 0 Å². The number of likely N-dealkylation sites (tertiary alicyclic amines) is 1. The number of hydrogen-bond donors (Lipinski definition) is 0. The van der Waals surface area contributed by atoms with E-state index in [0.29, 0.717) is 0 Å². The van der Waals surface area contributed by atoms with Gasteiger partial charge in [-0.15, -0.1) is 0 Å². The number of rotatable bonds is 3. The van der Waals surface area contributed by atoms with E-state index in [2.05, 4.69) is 50.9 Å². The van der Waals surface area contributed by atoms with Gasteiger partial charge in [0.05, 0.1) is 0 Å². The number of alkyl halides is 1. The van der Waals surface area contributed by atoms with E-state index in [4.69, 9.17) is 0 Å². The van der Waals surface area contributed by atoms with Crippen molar-refractivity contribution in [2.75, 3.05) is 31.1 Å². The Morgan fingerprint density at radius 3 is 2.65 bits per heavy atom. The van der Waals surface area contributed by atoms with Crippen LogP contribution in [0.3, 0.4) is 0 Å². The van der Waals surface area contributed by atoms with Crippen molar-refractivity contribution in [2.45, 2.75) is 44.0 Å². The molecule has 0 amide bonds. The van der Waals surface area contributed by atoms with Crippen LogP contribution in [0, 0.1) is 6.92 Å². The van der Waals surface area contributed by atoms with Crippen LogP contribution in [0.5, 0.6) is 0 Å². The molecular formula is C17H25BrN2. The van der Waals surface area contributed by atoms with Gasteiger partial charge in [-0.2, -0.15) is 0 Å². The smallest absolute Gasteiger partial charge is 0.0369 e. The van der Waals surface area contributed by atoms with Gasteiger partial charge >= 0.3 is 0 Å². The number of piperidine rings is 1. The lowest BCUT2D eigenvalue weighted by atomic mass is 10.1. The fourth-order valence-electron chi connectivity index (χ4n) is 3.58. The predicted octanol–water partition coefficient (Wildman–Crippen LogP) is 3.95. The Bertz CT molecular complexity index is 454. The molecular weight excluding hydrogens is 312 g/mol. The molecule has 3 rings (SSSR count).